The lowest BCUT2D eigenvalue weighted by Crippen LogP contribution is -2.53. The van der Waals surface area contributed by atoms with Gasteiger partial charge in [-0.05, 0) is 44.1 Å². The van der Waals surface area contributed by atoms with Crippen LogP contribution in [0.5, 0.6) is 0 Å². The molecule has 0 heterocycles. The summed E-state index contributed by atoms with van der Waals surface area (Å²) in [6.07, 6.45) is 4.08. The van der Waals surface area contributed by atoms with Gasteiger partial charge in [0.2, 0.25) is 0 Å². The van der Waals surface area contributed by atoms with E-state index in [1.54, 1.807) is 0 Å². The van der Waals surface area contributed by atoms with Crippen molar-refractivity contribution in [3.05, 3.63) is 12.3 Å². The van der Waals surface area contributed by atoms with Crippen molar-refractivity contribution in [1.82, 2.24) is 4.57 Å². The first-order valence-corrected chi connectivity index (χ1v) is 14.6. The highest BCUT2D eigenvalue weighted by Crippen LogP contribution is 2.26. The van der Waals surface area contributed by atoms with Gasteiger partial charge in [0.1, 0.15) is 8.24 Å². The van der Waals surface area contributed by atoms with E-state index in [0.717, 1.165) is 0 Å². The van der Waals surface area contributed by atoms with Gasteiger partial charge in [-0.2, -0.15) is 0 Å². The van der Waals surface area contributed by atoms with Crippen LogP contribution in [0.4, 0.5) is 0 Å². The Hall–Kier alpha value is 0.134. The van der Waals surface area contributed by atoms with Gasteiger partial charge in [-0.3, -0.25) is 0 Å². The largest absolute Gasteiger partial charge is 0.323 e. The lowest BCUT2D eigenvalue weighted by atomic mass is 10.3. The Morgan fingerprint density at radius 2 is 1.40 bits per heavy atom. The highest BCUT2D eigenvalue weighted by molar-refractivity contribution is 6.82. The molecule has 120 valence electrons. The summed E-state index contributed by atoms with van der Waals surface area (Å²) in [6, 6.07) is 5.67. The molecule has 3 heteroatoms. The predicted octanol–water partition coefficient (Wildman–Crippen LogP) is 5.92. The molecular weight excluding hydrogens is 274 g/mol. The fourth-order valence-corrected chi connectivity index (χ4v) is 8.56. The Labute approximate surface area is 130 Å². The topological polar surface area (TPSA) is 3.24 Å². The fraction of sp³-hybridized carbons (Fsp3) is 0.882. The maximum Gasteiger partial charge on any atom is 0.127 e. The molecule has 0 unspecified atom stereocenters. The Morgan fingerprint density at radius 1 is 0.900 bits per heavy atom. The normalized spacial score (nSPS) is 12.9. The van der Waals surface area contributed by atoms with Gasteiger partial charge in [-0.1, -0.05) is 53.3 Å². The number of rotatable bonds is 12. The molecule has 20 heavy (non-hydrogen) atoms. The summed E-state index contributed by atoms with van der Waals surface area (Å²) >= 11 is 0. The fourth-order valence-electron chi connectivity index (χ4n) is 3.18. The minimum atomic E-state index is -1.17. The molecule has 0 bridgehead atoms. The number of hydrogen-bond donors (Lipinski definition) is 0. The van der Waals surface area contributed by atoms with Crippen molar-refractivity contribution in [3.8, 4) is 0 Å². The molecule has 0 aromatic rings. The first-order valence-electron chi connectivity index (χ1n) is 8.80. The van der Waals surface area contributed by atoms with Crippen molar-refractivity contribution in [3.63, 3.8) is 0 Å². The Bertz CT molecular complexity index is 251. The standard InChI is InChI=1S/C17H39NSi2/c1-8-13-15-18(20(10-3,11-4)12-5)16-14-17-19(6,7)9-2/h9H,2,8,10-17H2,1,3-7H3. The summed E-state index contributed by atoms with van der Waals surface area (Å²) in [5.41, 5.74) is 2.26. The minimum absolute atomic E-state index is 1.11. The summed E-state index contributed by atoms with van der Waals surface area (Å²) in [7, 11) is -2.28. The van der Waals surface area contributed by atoms with Crippen molar-refractivity contribution in [2.75, 3.05) is 13.1 Å². The van der Waals surface area contributed by atoms with Crippen LogP contribution in [0, 0.1) is 0 Å². The molecule has 0 aliphatic carbocycles. The van der Waals surface area contributed by atoms with E-state index in [9.17, 15) is 0 Å². The molecule has 0 saturated heterocycles. The number of hydrogen-bond acceptors (Lipinski definition) is 1. The van der Waals surface area contributed by atoms with Gasteiger partial charge in [0.25, 0.3) is 0 Å². The van der Waals surface area contributed by atoms with Crippen LogP contribution in [0.25, 0.3) is 0 Å². The van der Waals surface area contributed by atoms with Crippen LogP contribution in [-0.2, 0) is 0 Å². The van der Waals surface area contributed by atoms with E-state index in [4.69, 9.17) is 0 Å². The van der Waals surface area contributed by atoms with Crippen LogP contribution in [0.2, 0.25) is 37.3 Å². The van der Waals surface area contributed by atoms with E-state index >= 15 is 0 Å². The molecule has 0 aromatic carbocycles. The quantitative estimate of drug-likeness (QED) is 0.404. The predicted molar refractivity (Wildman–Crippen MR) is 101 cm³/mol. The van der Waals surface area contributed by atoms with Crippen LogP contribution in [0.1, 0.15) is 47.0 Å². The van der Waals surface area contributed by atoms with Crippen LogP contribution >= 0.6 is 0 Å². The first kappa shape index (κ1) is 20.1. The second-order valence-electron chi connectivity index (χ2n) is 6.92. The van der Waals surface area contributed by atoms with Gasteiger partial charge >= 0.3 is 0 Å². The lowest BCUT2D eigenvalue weighted by Gasteiger charge is -2.41. The third-order valence-electron chi connectivity index (χ3n) is 5.23. The molecule has 0 aromatic heterocycles. The summed E-state index contributed by atoms with van der Waals surface area (Å²) in [5, 5.41) is 0. The van der Waals surface area contributed by atoms with Crippen LogP contribution in [0.15, 0.2) is 12.3 Å². The molecule has 0 rings (SSSR count). The van der Waals surface area contributed by atoms with Gasteiger partial charge < -0.3 is 4.57 Å². The lowest BCUT2D eigenvalue weighted by molar-refractivity contribution is 0.400. The second-order valence-corrected chi connectivity index (χ2v) is 17.0. The smallest absolute Gasteiger partial charge is 0.127 e. The molecule has 0 atom stereocenters. The molecular formula is C17H39NSi2. The van der Waals surface area contributed by atoms with Gasteiger partial charge in [-0.25, -0.2) is 0 Å². The Kier molecular flexibility index (Phi) is 10.0. The third kappa shape index (κ3) is 6.27. The molecule has 0 aliphatic heterocycles. The van der Waals surface area contributed by atoms with E-state index in [1.165, 1.54) is 56.5 Å². The average molecular weight is 314 g/mol. The van der Waals surface area contributed by atoms with Gasteiger partial charge in [-0.15, -0.1) is 12.3 Å². The number of nitrogens with zero attached hydrogens (tertiary/aromatic N) is 1. The average Bonchev–Trinajstić information content (AvgIpc) is 2.46. The second kappa shape index (κ2) is 9.96. The van der Waals surface area contributed by atoms with Crippen molar-refractivity contribution in [2.24, 2.45) is 0 Å². The summed E-state index contributed by atoms with van der Waals surface area (Å²) in [5.74, 6) is 0. The van der Waals surface area contributed by atoms with Gasteiger partial charge in [0.05, 0.1) is 8.07 Å². The zero-order valence-corrected chi connectivity index (χ0v) is 17.1. The highest BCUT2D eigenvalue weighted by atomic mass is 28.3. The van der Waals surface area contributed by atoms with E-state index in [2.05, 4.69) is 57.6 Å². The first-order chi connectivity index (χ1) is 9.41. The van der Waals surface area contributed by atoms with Crippen molar-refractivity contribution in [1.29, 1.82) is 0 Å². The van der Waals surface area contributed by atoms with Crippen LogP contribution in [-0.4, -0.2) is 34.0 Å². The third-order valence-corrected chi connectivity index (χ3v) is 13.7. The SMILES string of the molecule is C=C[Si](C)(C)CCCN(CCCC)[Si](CC)(CC)CC. The molecule has 0 N–H and O–H groups in total. The maximum absolute atomic E-state index is 4.03. The minimum Gasteiger partial charge on any atom is -0.323 e. The summed E-state index contributed by atoms with van der Waals surface area (Å²) < 4.78 is 2.95. The summed E-state index contributed by atoms with van der Waals surface area (Å²) in [6.45, 7) is 21.2. The molecule has 0 amide bonds. The molecule has 0 aliphatic rings. The van der Waals surface area contributed by atoms with Crippen LogP contribution in [0.3, 0.4) is 0 Å². The highest BCUT2D eigenvalue weighted by Gasteiger charge is 2.33. The van der Waals surface area contributed by atoms with E-state index < -0.39 is 16.3 Å². The molecule has 1 nitrogen and oxygen atoms in total. The monoisotopic (exact) mass is 313 g/mol. The van der Waals surface area contributed by atoms with E-state index in [1.807, 2.05) is 0 Å². The van der Waals surface area contributed by atoms with Crippen LogP contribution < -0.4 is 0 Å². The zero-order chi connectivity index (χ0) is 15.6. The molecule has 0 saturated carbocycles. The number of unbranched alkanes of at least 4 members (excludes halogenated alkanes) is 1. The van der Waals surface area contributed by atoms with Crippen molar-refractivity contribution in [2.45, 2.75) is 84.2 Å². The molecule has 0 fully saturated rings. The zero-order valence-electron chi connectivity index (χ0n) is 15.1. The van der Waals surface area contributed by atoms with Gasteiger partial charge in [0, 0.05) is 0 Å². The Balaban J connectivity index is 4.66. The van der Waals surface area contributed by atoms with Gasteiger partial charge in [0.15, 0.2) is 0 Å². The van der Waals surface area contributed by atoms with Crippen molar-refractivity contribution >= 4 is 16.3 Å². The molecule has 0 radical (unpaired) electrons. The van der Waals surface area contributed by atoms with E-state index in [0.29, 0.717) is 0 Å². The maximum atomic E-state index is 4.03. The van der Waals surface area contributed by atoms with Crippen molar-refractivity contribution < 1.29 is 0 Å². The summed E-state index contributed by atoms with van der Waals surface area (Å²) in [4.78, 5) is 0. The van der Waals surface area contributed by atoms with E-state index in [-0.39, 0.29) is 0 Å². The molecule has 0 spiro atoms. The Morgan fingerprint density at radius 3 is 1.80 bits per heavy atom.